The maximum absolute atomic E-state index is 6.09. The second kappa shape index (κ2) is 6.59. The summed E-state index contributed by atoms with van der Waals surface area (Å²) in [4.78, 5) is 4.75. The summed E-state index contributed by atoms with van der Waals surface area (Å²) < 4.78 is 0. The minimum absolute atomic E-state index is 0.362. The van der Waals surface area contributed by atoms with Crippen molar-refractivity contribution in [1.29, 1.82) is 0 Å². The largest absolute Gasteiger partial charge is 0.378 e. The molecule has 1 aliphatic rings. The molecule has 2 N–H and O–H groups in total. The standard InChI is InChI=1S/C17H29N3/c1-13(2)16-6-5-11-20(16)17(12-18)14-7-9-15(10-8-14)19(3)4/h7-10,13,16-17H,5-6,11-12,18H2,1-4H3. The molecule has 2 atom stereocenters. The molecule has 2 rings (SSSR count). The fourth-order valence-corrected chi connectivity index (χ4v) is 3.38. The molecule has 1 aromatic carbocycles. The van der Waals surface area contributed by atoms with Gasteiger partial charge in [-0.25, -0.2) is 0 Å². The smallest absolute Gasteiger partial charge is 0.0473 e. The van der Waals surface area contributed by atoms with E-state index in [-0.39, 0.29) is 0 Å². The first-order chi connectivity index (χ1) is 9.54. The van der Waals surface area contributed by atoms with Gasteiger partial charge in [0.1, 0.15) is 0 Å². The summed E-state index contributed by atoms with van der Waals surface area (Å²) in [5, 5.41) is 0. The van der Waals surface area contributed by atoms with Crippen LogP contribution in [-0.4, -0.2) is 38.1 Å². The Morgan fingerprint density at radius 2 is 1.90 bits per heavy atom. The van der Waals surface area contributed by atoms with Crippen LogP contribution < -0.4 is 10.6 Å². The normalized spacial score (nSPS) is 21.4. The van der Waals surface area contributed by atoms with Crippen LogP contribution in [0.3, 0.4) is 0 Å². The van der Waals surface area contributed by atoms with Gasteiger partial charge in [0.15, 0.2) is 0 Å². The average molecular weight is 275 g/mol. The van der Waals surface area contributed by atoms with Crippen LogP contribution in [0.1, 0.15) is 38.3 Å². The van der Waals surface area contributed by atoms with Crippen molar-refractivity contribution in [3.8, 4) is 0 Å². The van der Waals surface area contributed by atoms with Crippen molar-refractivity contribution in [3.63, 3.8) is 0 Å². The van der Waals surface area contributed by atoms with Gasteiger partial charge in [-0.3, -0.25) is 4.90 Å². The maximum Gasteiger partial charge on any atom is 0.0473 e. The zero-order chi connectivity index (χ0) is 14.7. The van der Waals surface area contributed by atoms with Crippen molar-refractivity contribution >= 4 is 5.69 Å². The van der Waals surface area contributed by atoms with Gasteiger partial charge < -0.3 is 10.6 Å². The lowest BCUT2D eigenvalue weighted by Gasteiger charge is -2.35. The Labute approximate surface area is 123 Å². The zero-order valence-corrected chi connectivity index (χ0v) is 13.3. The van der Waals surface area contributed by atoms with Gasteiger partial charge in [-0.15, -0.1) is 0 Å². The van der Waals surface area contributed by atoms with E-state index in [9.17, 15) is 0 Å². The predicted molar refractivity (Wildman–Crippen MR) is 87.1 cm³/mol. The number of hydrogen-bond acceptors (Lipinski definition) is 3. The number of hydrogen-bond donors (Lipinski definition) is 1. The summed E-state index contributed by atoms with van der Waals surface area (Å²) >= 11 is 0. The second-order valence-corrected chi connectivity index (χ2v) is 6.43. The van der Waals surface area contributed by atoms with E-state index in [2.05, 4.69) is 62.0 Å². The zero-order valence-electron chi connectivity index (χ0n) is 13.3. The van der Waals surface area contributed by atoms with Crippen LogP contribution in [0.4, 0.5) is 5.69 Å². The van der Waals surface area contributed by atoms with Crippen molar-refractivity contribution in [1.82, 2.24) is 4.90 Å². The van der Waals surface area contributed by atoms with Crippen LogP contribution in [0.25, 0.3) is 0 Å². The van der Waals surface area contributed by atoms with Crippen LogP contribution >= 0.6 is 0 Å². The number of likely N-dealkylation sites (tertiary alicyclic amines) is 1. The molecule has 1 heterocycles. The first-order valence-electron chi connectivity index (χ1n) is 7.77. The molecule has 2 unspecified atom stereocenters. The molecule has 1 saturated heterocycles. The molecule has 3 nitrogen and oxygen atoms in total. The van der Waals surface area contributed by atoms with E-state index in [1.165, 1.54) is 30.6 Å². The third-order valence-electron chi connectivity index (χ3n) is 4.53. The highest BCUT2D eigenvalue weighted by atomic mass is 15.2. The monoisotopic (exact) mass is 275 g/mol. The van der Waals surface area contributed by atoms with Crippen LogP contribution in [0.15, 0.2) is 24.3 Å². The third-order valence-corrected chi connectivity index (χ3v) is 4.53. The van der Waals surface area contributed by atoms with Crippen molar-refractivity contribution < 1.29 is 0 Å². The van der Waals surface area contributed by atoms with Gasteiger partial charge in [0, 0.05) is 38.4 Å². The minimum Gasteiger partial charge on any atom is -0.378 e. The number of rotatable bonds is 5. The van der Waals surface area contributed by atoms with Crippen LogP contribution in [0.2, 0.25) is 0 Å². The van der Waals surface area contributed by atoms with Crippen LogP contribution in [0, 0.1) is 5.92 Å². The third kappa shape index (κ3) is 3.15. The Kier molecular flexibility index (Phi) is 5.06. The lowest BCUT2D eigenvalue weighted by atomic mass is 9.98. The molecule has 0 amide bonds. The Hall–Kier alpha value is -1.06. The molecule has 0 aliphatic carbocycles. The highest BCUT2D eigenvalue weighted by molar-refractivity contribution is 5.46. The summed E-state index contributed by atoms with van der Waals surface area (Å²) in [5.74, 6) is 0.701. The average Bonchev–Trinajstić information content (AvgIpc) is 2.89. The summed E-state index contributed by atoms with van der Waals surface area (Å²) in [6.07, 6.45) is 2.61. The lowest BCUT2D eigenvalue weighted by molar-refractivity contribution is 0.149. The highest BCUT2D eigenvalue weighted by Gasteiger charge is 2.32. The summed E-state index contributed by atoms with van der Waals surface area (Å²) in [7, 11) is 4.15. The van der Waals surface area contributed by atoms with E-state index in [0.717, 1.165) is 0 Å². The minimum atomic E-state index is 0.362. The molecule has 0 radical (unpaired) electrons. The molecular formula is C17H29N3. The molecule has 0 spiro atoms. The molecule has 0 saturated carbocycles. The van der Waals surface area contributed by atoms with Crippen LogP contribution in [-0.2, 0) is 0 Å². The van der Waals surface area contributed by atoms with Gasteiger partial charge in [-0.2, -0.15) is 0 Å². The van der Waals surface area contributed by atoms with Crippen molar-refractivity contribution in [2.45, 2.75) is 38.8 Å². The van der Waals surface area contributed by atoms with E-state index in [0.29, 0.717) is 24.5 Å². The Morgan fingerprint density at radius 3 is 2.40 bits per heavy atom. The van der Waals surface area contributed by atoms with Crippen molar-refractivity contribution in [3.05, 3.63) is 29.8 Å². The number of anilines is 1. The fraction of sp³-hybridized carbons (Fsp3) is 0.647. The Balaban J connectivity index is 2.19. The number of nitrogens with two attached hydrogens (primary N) is 1. The molecule has 3 heteroatoms. The number of nitrogens with zero attached hydrogens (tertiary/aromatic N) is 2. The molecule has 1 fully saturated rings. The van der Waals surface area contributed by atoms with Gasteiger partial charge in [0.25, 0.3) is 0 Å². The Morgan fingerprint density at radius 1 is 1.25 bits per heavy atom. The summed E-state index contributed by atoms with van der Waals surface area (Å²) in [5.41, 5.74) is 8.69. The lowest BCUT2D eigenvalue weighted by Crippen LogP contribution is -2.39. The highest BCUT2D eigenvalue weighted by Crippen LogP contribution is 2.32. The molecular weight excluding hydrogens is 246 g/mol. The quantitative estimate of drug-likeness (QED) is 0.897. The van der Waals surface area contributed by atoms with E-state index >= 15 is 0 Å². The van der Waals surface area contributed by atoms with Crippen molar-refractivity contribution in [2.24, 2.45) is 11.7 Å². The van der Waals surface area contributed by atoms with Gasteiger partial charge in [-0.05, 0) is 43.0 Å². The molecule has 1 aromatic rings. The van der Waals surface area contributed by atoms with E-state index in [1.54, 1.807) is 0 Å². The predicted octanol–water partition coefficient (Wildman–Crippen LogP) is 2.87. The Bertz CT molecular complexity index is 411. The summed E-state index contributed by atoms with van der Waals surface area (Å²) in [6, 6.07) is 9.90. The first-order valence-corrected chi connectivity index (χ1v) is 7.77. The van der Waals surface area contributed by atoms with Crippen molar-refractivity contribution in [2.75, 3.05) is 32.1 Å². The topological polar surface area (TPSA) is 32.5 Å². The maximum atomic E-state index is 6.09. The van der Waals surface area contributed by atoms with E-state index in [4.69, 9.17) is 5.73 Å². The van der Waals surface area contributed by atoms with Gasteiger partial charge in [0.05, 0.1) is 0 Å². The molecule has 20 heavy (non-hydrogen) atoms. The van der Waals surface area contributed by atoms with Gasteiger partial charge >= 0.3 is 0 Å². The fourth-order valence-electron chi connectivity index (χ4n) is 3.38. The first kappa shape index (κ1) is 15.3. The van der Waals surface area contributed by atoms with E-state index < -0.39 is 0 Å². The van der Waals surface area contributed by atoms with Gasteiger partial charge in [-0.1, -0.05) is 26.0 Å². The van der Waals surface area contributed by atoms with E-state index in [1.807, 2.05) is 0 Å². The number of benzene rings is 1. The molecule has 0 bridgehead atoms. The molecule has 0 aromatic heterocycles. The second-order valence-electron chi connectivity index (χ2n) is 6.43. The molecule has 1 aliphatic heterocycles. The molecule has 112 valence electrons. The summed E-state index contributed by atoms with van der Waals surface area (Å²) in [6.45, 7) is 6.53. The SMILES string of the molecule is CC(C)C1CCCN1C(CN)c1ccc(N(C)C)cc1. The van der Waals surface area contributed by atoms with Gasteiger partial charge in [0.2, 0.25) is 0 Å². The van der Waals surface area contributed by atoms with Crippen LogP contribution in [0.5, 0.6) is 0 Å².